The second-order valence-electron chi connectivity index (χ2n) is 6.67. The SMILES string of the molecule is CCOC(=O)Cc1csc(NC(=O)C2CCCN(Cc3ccccc3)C2)n1. The van der Waals surface area contributed by atoms with E-state index in [0.717, 1.165) is 32.5 Å². The Morgan fingerprint density at radius 3 is 2.93 bits per heavy atom. The lowest BCUT2D eigenvalue weighted by Gasteiger charge is -2.31. The van der Waals surface area contributed by atoms with Crippen molar-refractivity contribution in [2.24, 2.45) is 5.92 Å². The minimum Gasteiger partial charge on any atom is -0.466 e. The van der Waals surface area contributed by atoms with Crippen LogP contribution in [-0.2, 0) is 27.3 Å². The van der Waals surface area contributed by atoms with Gasteiger partial charge in [-0.3, -0.25) is 14.5 Å². The van der Waals surface area contributed by atoms with Crippen molar-refractivity contribution in [2.75, 3.05) is 25.0 Å². The molecule has 1 aliphatic heterocycles. The van der Waals surface area contributed by atoms with Crippen LogP contribution < -0.4 is 5.32 Å². The molecule has 6 nitrogen and oxygen atoms in total. The first-order valence-corrected chi connectivity index (χ1v) is 10.2. The molecule has 1 aromatic carbocycles. The van der Waals surface area contributed by atoms with Crippen molar-refractivity contribution in [1.82, 2.24) is 9.88 Å². The number of hydrogen-bond acceptors (Lipinski definition) is 6. The number of aromatic nitrogens is 1. The molecule has 144 valence electrons. The van der Waals surface area contributed by atoms with Crippen molar-refractivity contribution >= 4 is 28.3 Å². The van der Waals surface area contributed by atoms with Crippen molar-refractivity contribution in [1.29, 1.82) is 0 Å². The van der Waals surface area contributed by atoms with Crippen molar-refractivity contribution in [3.05, 3.63) is 47.0 Å². The summed E-state index contributed by atoms with van der Waals surface area (Å²) in [4.78, 5) is 30.8. The maximum Gasteiger partial charge on any atom is 0.311 e. The molecule has 1 amide bonds. The van der Waals surface area contributed by atoms with E-state index in [4.69, 9.17) is 4.74 Å². The zero-order chi connectivity index (χ0) is 19.1. The lowest BCUT2D eigenvalue weighted by molar-refractivity contribution is -0.142. The molecule has 0 spiro atoms. The maximum absolute atomic E-state index is 12.6. The van der Waals surface area contributed by atoms with Gasteiger partial charge in [0.15, 0.2) is 5.13 Å². The molecule has 27 heavy (non-hydrogen) atoms. The van der Waals surface area contributed by atoms with Crippen LogP contribution in [0.1, 0.15) is 31.0 Å². The number of ether oxygens (including phenoxy) is 1. The minimum absolute atomic E-state index is 0.00444. The number of hydrogen-bond donors (Lipinski definition) is 1. The van der Waals surface area contributed by atoms with Gasteiger partial charge in [-0.1, -0.05) is 30.3 Å². The van der Waals surface area contributed by atoms with Gasteiger partial charge in [0, 0.05) is 18.5 Å². The predicted octanol–water partition coefficient (Wildman–Crippen LogP) is 3.10. The van der Waals surface area contributed by atoms with E-state index in [2.05, 4.69) is 27.3 Å². The molecule has 2 heterocycles. The van der Waals surface area contributed by atoms with Gasteiger partial charge in [0.2, 0.25) is 5.91 Å². The van der Waals surface area contributed by atoms with E-state index in [-0.39, 0.29) is 24.2 Å². The molecule has 3 rings (SSSR count). The Bertz CT molecular complexity index is 763. The number of carbonyl (C=O) groups excluding carboxylic acids is 2. The molecule has 1 N–H and O–H groups in total. The van der Waals surface area contributed by atoms with Crippen LogP contribution in [0.4, 0.5) is 5.13 Å². The normalized spacial score (nSPS) is 17.4. The first-order valence-electron chi connectivity index (χ1n) is 9.31. The zero-order valence-corrected chi connectivity index (χ0v) is 16.3. The molecule has 2 aromatic rings. The van der Waals surface area contributed by atoms with Gasteiger partial charge >= 0.3 is 5.97 Å². The Hall–Kier alpha value is -2.25. The predicted molar refractivity (Wildman–Crippen MR) is 106 cm³/mol. The molecule has 1 aromatic heterocycles. The molecular formula is C20H25N3O3S. The van der Waals surface area contributed by atoms with Gasteiger partial charge in [-0.2, -0.15) is 0 Å². The van der Waals surface area contributed by atoms with Gasteiger partial charge in [0.05, 0.1) is 24.6 Å². The summed E-state index contributed by atoms with van der Waals surface area (Å²) in [5.74, 6) is -0.339. The number of carbonyl (C=O) groups is 2. The van der Waals surface area contributed by atoms with Gasteiger partial charge in [-0.25, -0.2) is 4.98 Å². The lowest BCUT2D eigenvalue weighted by Crippen LogP contribution is -2.40. The molecule has 1 unspecified atom stereocenters. The summed E-state index contributed by atoms with van der Waals surface area (Å²) < 4.78 is 4.92. The van der Waals surface area contributed by atoms with E-state index in [1.165, 1.54) is 16.9 Å². The summed E-state index contributed by atoms with van der Waals surface area (Å²) in [5.41, 5.74) is 1.89. The van der Waals surface area contributed by atoms with Crippen LogP contribution >= 0.6 is 11.3 Å². The molecule has 1 saturated heterocycles. The number of benzene rings is 1. The van der Waals surface area contributed by atoms with E-state index >= 15 is 0 Å². The molecule has 0 bridgehead atoms. The summed E-state index contributed by atoms with van der Waals surface area (Å²) in [5, 5.41) is 5.24. The summed E-state index contributed by atoms with van der Waals surface area (Å²) in [6.45, 7) is 4.76. The number of rotatable bonds is 7. The largest absolute Gasteiger partial charge is 0.466 e. The smallest absolute Gasteiger partial charge is 0.311 e. The Kier molecular flexibility index (Phi) is 6.95. The third-order valence-electron chi connectivity index (χ3n) is 4.54. The number of nitrogens with one attached hydrogen (secondary N) is 1. The highest BCUT2D eigenvalue weighted by atomic mass is 32.1. The van der Waals surface area contributed by atoms with Gasteiger partial charge in [0.1, 0.15) is 0 Å². The summed E-state index contributed by atoms with van der Waals surface area (Å²) in [6, 6.07) is 10.3. The lowest BCUT2D eigenvalue weighted by atomic mass is 9.97. The Morgan fingerprint density at radius 1 is 1.33 bits per heavy atom. The van der Waals surface area contributed by atoms with Crippen molar-refractivity contribution in [3.63, 3.8) is 0 Å². The summed E-state index contributed by atoms with van der Waals surface area (Å²) >= 11 is 1.34. The highest BCUT2D eigenvalue weighted by Gasteiger charge is 2.26. The highest BCUT2D eigenvalue weighted by molar-refractivity contribution is 7.13. The molecule has 0 radical (unpaired) electrons. The third kappa shape index (κ3) is 5.87. The Balaban J connectivity index is 1.51. The van der Waals surface area contributed by atoms with Crippen molar-refractivity contribution in [2.45, 2.75) is 32.7 Å². The van der Waals surface area contributed by atoms with Gasteiger partial charge in [-0.15, -0.1) is 11.3 Å². The second kappa shape index (κ2) is 9.62. The van der Waals surface area contributed by atoms with E-state index in [9.17, 15) is 9.59 Å². The second-order valence-corrected chi connectivity index (χ2v) is 7.53. The van der Waals surface area contributed by atoms with E-state index in [1.54, 1.807) is 12.3 Å². The van der Waals surface area contributed by atoms with Gasteiger partial charge in [-0.05, 0) is 31.9 Å². The fraction of sp³-hybridized carbons (Fsp3) is 0.450. The average molecular weight is 388 g/mol. The van der Waals surface area contributed by atoms with Crippen LogP contribution in [0.25, 0.3) is 0 Å². The quantitative estimate of drug-likeness (QED) is 0.739. The Labute approximate surface area is 163 Å². The van der Waals surface area contributed by atoms with E-state index in [0.29, 0.717) is 17.4 Å². The molecular weight excluding hydrogens is 362 g/mol. The average Bonchev–Trinajstić information content (AvgIpc) is 3.09. The number of nitrogens with zero attached hydrogens (tertiary/aromatic N) is 2. The summed E-state index contributed by atoms with van der Waals surface area (Å²) in [6.07, 6.45) is 2.03. The number of likely N-dealkylation sites (tertiary alicyclic amines) is 1. The van der Waals surface area contributed by atoms with Gasteiger partial charge < -0.3 is 10.1 Å². The Morgan fingerprint density at radius 2 is 2.15 bits per heavy atom. The minimum atomic E-state index is -0.301. The molecule has 0 saturated carbocycles. The standard InChI is InChI=1S/C20H25N3O3S/c1-2-26-18(24)11-17-14-27-20(21-17)22-19(25)16-9-6-10-23(13-16)12-15-7-4-3-5-8-15/h3-5,7-8,14,16H,2,6,9-13H2,1H3,(H,21,22,25). The number of piperidine rings is 1. The van der Waals surface area contributed by atoms with E-state index in [1.807, 2.05) is 18.2 Å². The number of thiazole rings is 1. The van der Waals surface area contributed by atoms with Crippen LogP contribution in [0.2, 0.25) is 0 Å². The van der Waals surface area contributed by atoms with Crippen LogP contribution in [-0.4, -0.2) is 41.5 Å². The fourth-order valence-electron chi connectivity index (χ4n) is 3.27. The highest BCUT2D eigenvalue weighted by Crippen LogP contribution is 2.22. The molecule has 7 heteroatoms. The first kappa shape index (κ1) is 19.5. The first-order chi connectivity index (χ1) is 13.1. The molecule has 1 aliphatic rings. The third-order valence-corrected chi connectivity index (χ3v) is 5.34. The van der Waals surface area contributed by atoms with Crippen molar-refractivity contribution < 1.29 is 14.3 Å². The summed E-state index contributed by atoms with van der Waals surface area (Å²) in [7, 11) is 0. The monoisotopic (exact) mass is 387 g/mol. The molecule has 1 atom stereocenters. The molecule has 1 fully saturated rings. The zero-order valence-electron chi connectivity index (χ0n) is 15.5. The fourth-order valence-corrected chi connectivity index (χ4v) is 3.98. The number of esters is 1. The van der Waals surface area contributed by atoms with Crippen LogP contribution in [0.15, 0.2) is 35.7 Å². The van der Waals surface area contributed by atoms with Crippen LogP contribution in [0.5, 0.6) is 0 Å². The molecule has 0 aliphatic carbocycles. The number of amides is 1. The topological polar surface area (TPSA) is 71.5 Å². The van der Waals surface area contributed by atoms with Gasteiger partial charge in [0.25, 0.3) is 0 Å². The van der Waals surface area contributed by atoms with Crippen LogP contribution in [0, 0.1) is 5.92 Å². The van der Waals surface area contributed by atoms with E-state index < -0.39 is 0 Å². The van der Waals surface area contributed by atoms with Crippen LogP contribution in [0.3, 0.4) is 0 Å². The van der Waals surface area contributed by atoms with Crippen molar-refractivity contribution in [3.8, 4) is 0 Å². The number of anilines is 1. The maximum atomic E-state index is 12.6.